The summed E-state index contributed by atoms with van der Waals surface area (Å²) in [5.74, 6) is -1.02. The molecule has 3 nitrogen and oxygen atoms in total. The van der Waals surface area contributed by atoms with Gasteiger partial charge in [0, 0.05) is 17.1 Å². The van der Waals surface area contributed by atoms with E-state index in [4.69, 9.17) is 11.6 Å². The Hall–Kier alpha value is -0.360. The van der Waals surface area contributed by atoms with Crippen LogP contribution in [0.2, 0.25) is 5.02 Å². The van der Waals surface area contributed by atoms with Gasteiger partial charge in [-0.25, -0.2) is 4.39 Å². The van der Waals surface area contributed by atoms with Gasteiger partial charge in [0.2, 0.25) is 0 Å². The third kappa shape index (κ3) is 3.57. The van der Waals surface area contributed by atoms with Crippen LogP contribution >= 0.6 is 39.9 Å². The first-order valence-electron chi connectivity index (χ1n) is 5.24. The summed E-state index contributed by atoms with van der Waals surface area (Å²) in [6, 6.07) is 2.60. The van der Waals surface area contributed by atoms with Crippen LogP contribution in [0.1, 0.15) is 16.8 Å². The lowest BCUT2D eigenvalue weighted by molar-refractivity contribution is 0.0936. The number of carbonyl (C=O) groups is 1. The molecule has 1 heterocycles. The molecule has 2 rings (SSSR count). The van der Waals surface area contributed by atoms with Gasteiger partial charge in [-0.05, 0) is 41.0 Å². The third-order valence-electron chi connectivity index (χ3n) is 2.65. The Bertz CT molecular complexity index is 453. The summed E-state index contributed by atoms with van der Waals surface area (Å²) in [6.45, 7) is 1.60. The molecule has 1 aliphatic rings. The number of rotatable bonds is 2. The smallest absolute Gasteiger partial charge is 0.254 e. The van der Waals surface area contributed by atoms with Crippen molar-refractivity contribution in [1.29, 1.82) is 0 Å². The normalized spacial score (nSPS) is 18.3. The molecule has 1 atom stereocenters. The van der Waals surface area contributed by atoms with Gasteiger partial charge in [0.15, 0.2) is 0 Å². The van der Waals surface area contributed by atoms with Gasteiger partial charge in [-0.3, -0.25) is 4.79 Å². The van der Waals surface area contributed by atoms with E-state index < -0.39 is 11.7 Å². The van der Waals surface area contributed by atoms with E-state index >= 15 is 0 Å². The topological polar surface area (TPSA) is 41.1 Å². The van der Waals surface area contributed by atoms with Crippen LogP contribution in [0.5, 0.6) is 0 Å². The Labute approximate surface area is 124 Å². The standard InChI is InChI=1S/C11H11BrClFN2O.ClH/c12-8-3-7(10(14)4-9(8)13)11(17)16-6-1-2-15-5-6;/h3-4,6,15H,1-2,5H2,(H,16,17);1H/t6-;/m0./s1. The largest absolute Gasteiger partial charge is 0.348 e. The highest BCUT2D eigenvalue weighted by atomic mass is 79.9. The number of carbonyl (C=O) groups excluding carboxylic acids is 1. The van der Waals surface area contributed by atoms with Crippen molar-refractivity contribution in [2.24, 2.45) is 0 Å². The van der Waals surface area contributed by atoms with Gasteiger partial charge < -0.3 is 10.6 Å². The molecular weight excluding hydrogens is 346 g/mol. The van der Waals surface area contributed by atoms with Crippen molar-refractivity contribution in [3.05, 3.63) is 33.0 Å². The van der Waals surface area contributed by atoms with Crippen LogP contribution in [-0.4, -0.2) is 25.0 Å². The monoisotopic (exact) mass is 356 g/mol. The molecule has 100 valence electrons. The fraction of sp³-hybridized carbons (Fsp3) is 0.364. The highest BCUT2D eigenvalue weighted by Crippen LogP contribution is 2.25. The molecule has 0 aromatic heterocycles. The molecular formula is C11H12BrCl2FN2O. The van der Waals surface area contributed by atoms with E-state index in [2.05, 4.69) is 26.6 Å². The minimum Gasteiger partial charge on any atom is -0.348 e. The number of halogens is 4. The summed E-state index contributed by atoms with van der Waals surface area (Å²) >= 11 is 8.90. The first kappa shape index (κ1) is 15.7. The zero-order chi connectivity index (χ0) is 12.4. The van der Waals surface area contributed by atoms with Crippen molar-refractivity contribution >= 4 is 45.8 Å². The predicted molar refractivity (Wildman–Crippen MR) is 75.1 cm³/mol. The summed E-state index contributed by atoms with van der Waals surface area (Å²) in [7, 11) is 0. The van der Waals surface area contributed by atoms with Crippen LogP contribution in [0, 0.1) is 5.82 Å². The van der Waals surface area contributed by atoms with E-state index in [0.717, 1.165) is 25.6 Å². The number of hydrogen-bond donors (Lipinski definition) is 2. The quantitative estimate of drug-likeness (QED) is 0.799. The molecule has 1 saturated heterocycles. The van der Waals surface area contributed by atoms with Crippen molar-refractivity contribution in [3.8, 4) is 0 Å². The van der Waals surface area contributed by atoms with Gasteiger partial charge in [0.25, 0.3) is 5.91 Å². The van der Waals surface area contributed by atoms with E-state index in [1.54, 1.807) is 0 Å². The van der Waals surface area contributed by atoms with Gasteiger partial charge in [-0.1, -0.05) is 11.6 Å². The van der Waals surface area contributed by atoms with Crippen molar-refractivity contribution in [1.82, 2.24) is 10.6 Å². The molecule has 0 bridgehead atoms. The van der Waals surface area contributed by atoms with Gasteiger partial charge in [0.05, 0.1) is 10.6 Å². The van der Waals surface area contributed by atoms with Gasteiger partial charge in [-0.2, -0.15) is 0 Å². The highest BCUT2D eigenvalue weighted by molar-refractivity contribution is 9.10. The Kier molecular flexibility index (Phi) is 5.85. The highest BCUT2D eigenvalue weighted by Gasteiger charge is 2.20. The summed E-state index contributed by atoms with van der Waals surface area (Å²) in [6.07, 6.45) is 0.863. The fourth-order valence-electron chi connectivity index (χ4n) is 1.74. The molecule has 0 radical (unpaired) electrons. The minimum atomic E-state index is -0.610. The summed E-state index contributed by atoms with van der Waals surface area (Å²) in [4.78, 5) is 11.8. The van der Waals surface area contributed by atoms with E-state index in [0.29, 0.717) is 4.47 Å². The molecule has 18 heavy (non-hydrogen) atoms. The van der Waals surface area contributed by atoms with Crippen molar-refractivity contribution in [2.45, 2.75) is 12.5 Å². The Morgan fingerprint density at radius 2 is 2.28 bits per heavy atom. The van der Waals surface area contributed by atoms with Gasteiger partial charge in [-0.15, -0.1) is 12.4 Å². The van der Waals surface area contributed by atoms with Crippen molar-refractivity contribution in [2.75, 3.05) is 13.1 Å². The first-order chi connectivity index (χ1) is 8.08. The van der Waals surface area contributed by atoms with Crippen LogP contribution in [0.15, 0.2) is 16.6 Å². The molecule has 1 fully saturated rings. The first-order valence-corrected chi connectivity index (χ1v) is 6.41. The van der Waals surface area contributed by atoms with Crippen LogP contribution in [-0.2, 0) is 0 Å². The molecule has 1 aliphatic heterocycles. The molecule has 0 unspecified atom stereocenters. The van der Waals surface area contributed by atoms with Crippen LogP contribution in [0.25, 0.3) is 0 Å². The van der Waals surface area contributed by atoms with Gasteiger partial charge >= 0.3 is 0 Å². The number of nitrogens with one attached hydrogen (secondary N) is 2. The second-order valence-electron chi connectivity index (χ2n) is 3.91. The van der Waals surface area contributed by atoms with E-state index in [1.165, 1.54) is 6.07 Å². The minimum absolute atomic E-state index is 0. The fourth-order valence-corrected chi connectivity index (χ4v) is 2.23. The zero-order valence-corrected chi connectivity index (χ0v) is 12.5. The van der Waals surface area contributed by atoms with E-state index in [1.807, 2.05) is 0 Å². The maximum atomic E-state index is 13.6. The molecule has 1 amide bonds. The summed E-state index contributed by atoms with van der Waals surface area (Å²) < 4.78 is 14.1. The lowest BCUT2D eigenvalue weighted by Gasteiger charge is -2.12. The Balaban J connectivity index is 0.00000162. The zero-order valence-electron chi connectivity index (χ0n) is 9.30. The average molecular weight is 358 g/mol. The number of hydrogen-bond acceptors (Lipinski definition) is 2. The molecule has 0 saturated carbocycles. The molecule has 1 aromatic rings. The maximum Gasteiger partial charge on any atom is 0.254 e. The lowest BCUT2D eigenvalue weighted by atomic mass is 10.1. The van der Waals surface area contributed by atoms with Crippen LogP contribution in [0.4, 0.5) is 4.39 Å². The molecule has 2 N–H and O–H groups in total. The van der Waals surface area contributed by atoms with E-state index in [-0.39, 0.29) is 29.0 Å². The van der Waals surface area contributed by atoms with Gasteiger partial charge in [0.1, 0.15) is 5.82 Å². The molecule has 1 aromatic carbocycles. The van der Waals surface area contributed by atoms with Crippen molar-refractivity contribution in [3.63, 3.8) is 0 Å². The molecule has 7 heteroatoms. The second kappa shape index (κ2) is 6.70. The molecule has 0 spiro atoms. The summed E-state index contributed by atoms with van der Waals surface area (Å²) in [5.41, 5.74) is 0.00757. The SMILES string of the molecule is Cl.O=C(N[C@H]1CCNC1)c1cc(Br)c(Cl)cc1F. The Morgan fingerprint density at radius 3 is 2.89 bits per heavy atom. The Morgan fingerprint density at radius 1 is 1.56 bits per heavy atom. The summed E-state index contributed by atoms with van der Waals surface area (Å²) in [5, 5.41) is 6.15. The van der Waals surface area contributed by atoms with Crippen LogP contribution in [0.3, 0.4) is 0 Å². The number of amides is 1. The molecule has 0 aliphatic carbocycles. The second-order valence-corrected chi connectivity index (χ2v) is 5.17. The lowest BCUT2D eigenvalue weighted by Crippen LogP contribution is -2.36. The van der Waals surface area contributed by atoms with Crippen LogP contribution < -0.4 is 10.6 Å². The number of benzene rings is 1. The van der Waals surface area contributed by atoms with E-state index in [9.17, 15) is 9.18 Å². The predicted octanol–water partition coefficient (Wildman–Crippen LogP) is 2.76. The van der Waals surface area contributed by atoms with Crippen molar-refractivity contribution < 1.29 is 9.18 Å². The average Bonchev–Trinajstić information content (AvgIpc) is 2.76. The third-order valence-corrected chi connectivity index (χ3v) is 3.85. The maximum absolute atomic E-state index is 13.6.